The van der Waals surface area contributed by atoms with E-state index >= 15 is 0 Å². The molecule has 0 radical (unpaired) electrons. The molecular weight excluding hydrogens is 348 g/mol. The van der Waals surface area contributed by atoms with Crippen LogP contribution in [0.15, 0.2) is 66.1 Å². The fraction of sp³-hybridized carbons (Fsp3) is 0.263. The number of rotatable bonds is 7. The average Bonchev–Trinajstić information content (AvgIpc) is 3.15. The Labute approximate surface area is 154 Å². The lowest BCUT2D eigenvalue weighted by Crippen LogP contribution is -2.13. The number of nitrogens with zero attached hydrogens (tertiary/aromatic N) is 3. The molecule has 1 aromatic heterocycles. The molecule has 26 heavy (non-hydrogen) atoms. The van der Waals surface area contributed by atoms with E-state index in [2.05, 4.69) is 28.7 Å². The van der Waals surface area contributed by atoms with Crippen molar-refractivity contribution in [3.8, 4) is 0 Å². The molecule has 0 fully saturated rings. The van der Waals surface area contributed by atoms with Gasteiger partial charge in [0, 0.05) is 5.69 Å². The predicted molar refractivity (Wildman–Crippen MR) is 102 cm³/mol. The minimum absolute atomic E-state index is 0.260. The predicted octanol–water partition coefficient (Wildman–Crippen LogP) is 3.64. The first-order valence-corrected chi connectivity index (χ1v) is 10.0. The zero-order valence-corrected chi connectivity index (χ0v) is 15.6. The Hall–Kier alpha value is -2.67. The van der Waals surface area contributed by atoms with E-state index in [0.29, 0.717) is 18.2 Å². The molecule has 0 aliphatic rings. The summed E-state index contributed by atoms with van der Waals surface area (Å²) in [5, 5.41) is 4.05. The highest BCUT2D eigenvalue weighted by molar-refractivity contribution is 7.92. The lowest BCUT2D eigenvalue weighted by molar-refractivity contribution is 0.601. The number of hydrogen-bond acceptors (Lipinski definition) is 4. The van der Waals surface area contributed by atoms with Crippen molar-refractivity contribution in [2.45, 2.75) is 37.6 Å². The van der Waals surface area contributed by atoms with Crippen LogP contribution in [0.5, 0.6) is 0 Å². The van der Waals surface area contributed by atoms with Gasteiger partial charge in [0.2, 0.25) is 0 Å². The smallest absolute Gasteiger partial charge is 0.261 e. The van der Waals surface area contributed by atoms with Crippen molar-refractivity contribution in [1.29, 1.82) is 0 Å². The van der Waals surface area contributed by atoms with Crippen molar-refractivity contribution in [1.82, 2.24) is 14.8 Å². The van der Waals surface area contributed by atoms with E-state index < -0.39 is 10.0 Å². The maximum atomic E-state index is 12.6. The van der Waals surface area contributed by atoms with Crippen LogP contribution in [0.4, 0.5) is 5.69 Å². The molecule has 136 valence electrons. The van der Waals surface area contributed by atoms with Crippen molar-refractivity contribution in [3.05, 3.63) is 72.3 Å². The van der Waals surface area contributed by atoms with Crippen LogP contribution < -0.4 is 4.72 Å². The lowest BCUT2D eigenvalue weighted by Gasteiger charge is -2.12. The van der Waals surface area contributed by atoms with Gasteiger partial charge in [-0.05, 0) is 47.7 Å². The Morgan fingerprint density at radius 1 is 1.08 bits per heavy atom. The van der Waals surface area contributed by atoms with E-state index in [1.807, 2.05) is 24.3 Å². The third-order valence-electron chi connectivity index (χ3n) is 4.39. The van der Waals surface area contributed by atoms with Crippen LogP contribution in [-0.4, -0.2) is 23.2 Å². The van der Waals surface area contributed by atoms with Gasteiger partial charge in [-0.2, -0.15) is 5.10 Å². The number of benzene rings is 2. The summed E-state index contributed by atoms with van der Waals surface area (Å²) in [6, 6.07) is 14.3. The highest BCUT2D eigenvalue weighted by Gasteiger charge is 2.14. The van der Waals surface area contributed by atoms with E-state index in [1.165, 1.54) is 6.33 Å². The number of hydrogen-bond donors (Lipinski definition) is 1. The molecule has 2 aromatic carbocycles. The third kappa shape index (κ3) is 4.29. The molecule has 3 rings (SSSR count). The minimum Gasteiger partial charge on any atom is -0.280 e. The van der Waals surface area contributed by atoms with Gasteiger partial charge < -0.3 is 0 Å². The number of anilines is 1. The standard InChI is InChI=1S/C19H22N4O2S/c1-3-15(2)17-6-10-19(11-7-17)26(24,25)22-18-8-4-16(5-9-18)12-23-14-20-13-21-23/h4-11,13-15,22H,3,12H2,1-2H3/t15-/m1/s1. The first-order valence-electron chi connectivity index (χ1n) is 8.52. The molecule has 0 aliphatic carbocycles. The first-order chi connectivity index (χ1) is 12.5. The van der Waals surface area contributed by atoms with Crippen LogP contribution in [0.3, 0.4) is 0 Å². The average molecular weight is 370 g/mol. The van der Waals surface area contributed by atoms with E-state index in [9.17, 15) is 8.42 Å². The highest BCUT2D eigenvalue weighted by atomic mass is 32.2. The molecule has 1 atom stereocenters. The SMILES string of the molecule is CC[C@@H](C)c1ccc(S(=O)(=O)Nc2ccc(Cn3cncn3)cc2)cc1. The Morgan fingerprint density at radius 2 is 1.77 bits per heavy atom. The molecule has 1 heterocycles. The number of sulfonamides is 1. The molecule has 0 amide bonds. The normalized spacial score (nSPS) is 12.7. The van der Waals surface area contributed by atoms with E-state index in [0.717, 1.165) is 17.5 Å². The van der Waals surface area contributed by atoms with Gasteiger partial charge >= 0.3 is 0 Å². The summed E-state index contributed by atoms with van der Waals surface area (Å²) in [5.74, 6) is 0.414. The largest absolute Gasteiger partial charge is 0.280 e. The third-order valence-corrected chi connectivity index (χ3v) is 5.79. The van der Waals surface area contributed by atoms with Crippen molar-refractivity contribution in [3.63, 3.8) is 0 Å². The van der Waals surface area contributed by atoms with Gasteiger partial charge in [-0.1, -0.05) is 38.1 Å². The first kappa shape index (κ1) is 18.1. The molecule has 0 saturated carbocycles. The number of nitrogens with one attached hydrogen (secondary N) is 1. The summed E-state index contributed by atoms with van der Waals surface area (Å²) >= 11 is 0. The van der Waals surface area contributed by atoms with Gasteiger partial charge in [0.1, 0.15) is 12.7 Å². The molecular formula is C19H22N4O2S. The molecule has 6 nitrogen and oxygen atoms in total. The maximum absolute atomic E-state index is 12.6. The van der Waals surface area contributed by atoms with Crippen LogP contribution >= 0.6 is 0 Å². The van der Waals surface area contributed by atoms with E-state index in [-0.39, 0.29) is 4.90 Å². The summed E-state index contributed by atoms with van der Waals surface area (Å²) in [6.07, 6.45) is 4.14. The Morgan fingerprint density at radius 3 is 2.35 bits per heavy atom. The van der Waals surface area contributed by atoms with Crippen LogP contribution in [0.25, 0.3) is 0 Å². The zero-order valence-electron chi connectivity index (χ0n) is 14.8. The zero-order chi connectivity index (χ0) is 18.6. The molecule has 0 bridgehead atoms. The molecule has 3 aromatic rings. The summed E-state index contributed by atoms with van der Waals surface area (Å²) < 4.78 is 29.4. The minimum atomic E-state index is -3.60. The monoisotopic (exact) mass is 370 g/mol. The molecule has 1 N–H and O–H groups in total. The quantitative estimate of drug-likeness (QED) is 0.689. The summed E-state index contributed by atoms with van der Waals surface area (Å²) in [7, 11) is -3.60. The Balaban J connectivity index is 1.70. The summed E-state index contributed by atoms with van der Waals surface area (Å²) in [5.41, 5.74) is 2.68. The topological polar surface area (TPSA) is 76.9 Å². The van der Waals surface area contributed by atoms with Crippen molar-refractivity contribution < 1.29 is 8.42 Å². The van der Waals surface area contributed by atoms with Gasteiger partial charge in [0.05, 0.1) is 11.4 Å². The van der Waals surface area contributed by atoms with Gasteiger partial charge in [0.25, 0.3) is 10.0 Å². The van der Waals surface area contributed by atoms with E-state index in [1.54, 1.807) is 35.3 Å². The van der Waals surface area contributed by atoms with Crippen LogP contribution in [0.1, 0.15) is 37.3 Å². The fourth-order valence-electron chi connectivity index (χ4n) is 2.60. The summed E-state index contributed by atoms with van der Waals surface area (Å²) in [4.78, 5) is 4.16. The Bertz CT molecular complexity index is 934. The fourth-order valence-corrected chi connectivity index (χ4v) is 3.66. The van der Waals surface area contributed by atoms with E-state index in [4.69, 9.17) is 0 Å². The molecule has 0 spiro atoms. The second kappa shape index (κ2) is 7.70. The van der Waals surface area contributed by atoms with Gasteiger partial charge in [0.15, 0.2) is 0 Å². The van der Waals surface area contributed by atoms with Gasteiger partial charge in [-0.25, -0.2) is 18.1 Å². The molecule has 0 saturated heterocycles. The summed E-state index contributed by atoms with van der Waals surface area (Å²) in [6.45, 7) is 4.83. The molecule has 0 unspecified atom stereocenters. The van der Waals surface area contributed by atoms with Crippen LogP contribution in [0.2, 0.25) is 0 Å². The second-order valence-electron chi connectivity index (χ2n) is 6.27. The van der Waals surface area contributed by atoms with Crippen molar-refractivity contribution in [2.75, 3.05) is 4.72 Å². The lowest BCUT2D eigenvalue weighted by atomic mass is 9.99. The van der Waals surface area contributed by atoms with Crippen molar-refractivity contribution in [2.24, 2.45) is 0 Å². The second-order valence-corrected chi connectivity index (χ2v) is 7.96. The maximum Gasteiger partial charge on any atom is 0.261 e. The molecule has 0 aliphatic heterocycles. The van der Waals surface area contributed by atoms with Gasteiger partial charge in [-0.3, -0.25) is 4.72 Å². The molecule has 7 heteroatoms. The Kier molecular flexibility index (Phi) is 5.37. The van der Waals surface area contributed by atoms with Crippen LogP contribution in [0, 0.1) is 0 Å². The highest BCUT2D eigenvalue weighted by Crippen LogP contribution is 2.22. The number of aromatic nitrogens is 3. The van der Waals surface area contributed by atoms with Crippen molar-refractivity contribution >= 4 is 15.7 Å². The van der Waals surface area contributed by atoms with Crippen LogP contribution in [-0.2, 0) is 16.6 Å². The van der Waals surface area contributed by atoms with Gasteiger partial charge in [-0.15, -0.1) is 0 Å².